The highest BCUT2D eigenvalue weighted by Gasteiger charge is 2.30. The van der Waals surface area contributed by atoms with Crippen molar-refractivity contribution in [2.24, 2.45) is 0 Å². The zero-order chi connectivity index (χ0) is 18.0. The number of fused-ring (bicyclic) bond motifs is 1. The number of aromatic nitrogens is 5. The van der Waals surface area contributed by atoms with Gasteiger partial charge in [-0.25, -0.2) is 4.68 Å². The van der Waals surface area contributed by atoms with Crippen LogP contribution in [0.3, 0.4) is 0 Å². The second kappa shape index (κ2) is 8.21. The van der Waals surface area contributed by atoms with Crippen molar-refractivity contribution >= 4 is 10.9 Å². The molecular weight excluding hydrogens is 336 g/mol. The molecule has 1 aliphatic carbocycles. The number of aromatic amines is 1. The molecule has 0 bridgehead atoms. The summed E-state index contributed by atoms with van der Waals surface area (Å²) in [6.45, 7) is 5.23. The van der Waals surface area contributed by atoms with E-state index in [1.165, 1.54) is 48.6 Å². The third-order valence-corrected chi connectivity index (χ3v) is 5.61. The molecule has 0 unspecified atom stereocenters. The van der Waals surface area contributed by atoms with Gasteiger partial charge >= 0.3 is 0 Å². The number of tetrazole rings is 1. The molecule has 2 N–H and O–H groups in total. The maximum absolute atomic E-state index is 4.36. The van der Waals surface area contributed by atoms with E-state index in [-0.39, 0.29) is 13.0 Å². The predicted octanol–water partition coefficient (Wildman–Crippen LogP) is 4.36. The molecule has 0 aliphatic heterocycles. The van der Waals surface area contributed by atoms with Crippen LogP contribution in [0.2, 0.25) is 0 Å². The van der Waals surface area contributed by atoms with Crippen LogP contribution in [0.5, 0.6) is 0 Å². The van der Waals surface area contributed by atoms with Gasteiger partial charge in [0.15, 0.2) is 5.82 Å². The monoisotopic (exact) mass is 368 g/mol. The standard InChI is InChI=1S/C20H28N6.CH4/c1-20(2,19-23-24-25-26(19)16-8-4-3-5-9-16)22-13-12-15-14-21-18-11-7-6-10-17(15)18;/h6-7,10-11,14,16,21-22H,3-5,8-9,12-13H2,1-2H3;1H4. The smallest absolute Gasteiger partial charge is 0.171 e. The zero-order valence-corrected chi connectivity index (χ0v) is 15.7. The fraction of sp³-hybridized carbons (Fsp3) is 0.571. The quantitative estimate of drug-likeness (QED) is 0.678. The summed E-state index contributed by atoms with van der Waals surface area (Å²) in [7, 11) is 0. The average molecular weight is 369 g/mol. The van der Waals surface area contributed by atoms with Gasteiger partial charge < -0.3 is 10.3 Å². The SMILES string of the molecule is C.CC(C)(NCCc1c[nH]c2ccccc12)c1nnnn1C1CCCCC1. The molecule has 1 aromatic carbocycles. The Morgan fingerprint density at radius 2 is 1.96 bits per heavy atom. The molecule has 0 atom stereocenters. The van der Waals surface area contributed by atoms with Gasteiger partial charge in [0.25, 0.3) is 0 Å². The fourth-order valence-corrected chi connectivity index (χ4v) is 4.10. The number of para-hydroxylation sites is 1. The highest BCUT2D eigenvalue weighted by Crippen LogP contribution is 2.30. The van der Waals surface area contributed by atoms with Crippen LogP contribution >= 0.6 is 0 Å². The average Bonchev–Trinajstić information content (AvgIpc) is 3.30. The van der Waals surface area contributed by atoms with Crippen molar-refractivity contribution in [1.29, 1.82) is 0 Å². The van der Waals surface area contributed by atoms with Gasteiger partial charge in [-0.1, -0.05) is 44.9 Å². The van der Waals surface area contributed by atoms with E-state index >= 15 is 0 Å². The van der Waals surface area contributed by atoms with E-state index in [4.69, 9.17) is 0 Å². The number of benzene rings is 1. The predicted molar refractivity (Wildman–Crippen MR) is 110 cm³/mol. The van der Waals surface area contributed by atoms with E-state index in [9.17, 15) is 0 Å². The molecule has 1 aliphatic rings. The molecule has 6 nitrogen and oxygen atoms in total. The van der Waals surface area contributed by atoms with Crippen molar-refractivity contribution in [2.45, 2.75) is 71.4 Å². The van der Waals surface area contributed by atoms with Gasteiger partial charge in [0, 0.05) is 23.6 Å². The first kappa shape index (κ1) is 19.5. The molecule has 1 fully saturated rings. The van der Waals surface area contributed by atoms with E-state index in [1.54, 1.807) is 0 Å². The first-order valence-electron chi connectivity index (χ1n) is 9.73. The Balaban J connectivity index is 0.00000210. The summed E-state index contributed by atoms with van der Waals surface area (Å²) in [6.07, 6.45) is 9.34. The third kappa shape index (κ3) is 4.05. The summed E-state index contributed by atoms with van der Waals surface area (Å²) in [5, 5.41) is 17.6. The van der Waals surface area contributed by atoms with E-state index in [0.29, 0.717) is 6.04 Å². The summed E-state index contributed by atoms with van der Waals surface area (Å²) in [5.41, 5.74) is 2.28. The molecule has 6 heteroatoms. The van der Waals surface area contributed by atoms with Crippen molar-refractivity contribution in [3.8, 4) is 0 Å². The third-order valence-electron chi connectivity index (χ3n) is 5.61. The van der Waals surface area contributed by atoms with E-state index in [1.807, 2.05) is 0 Å². The highest BCUT2D eigenvalue weighted by atomic mass is 15.6. The van der Waals surface area contributed by atoms with Crippen LogP contribution in [0.1, 0.15) is 70.8 Å². The van der Waals surface area contributed by atoms with Gasteiger partial charge in [0.1, 0.15) is 0 Å². The van der Waals surface area contributed by atoms with Crippen molar-refractivity contribution in [2.75, 3.05) is 6.54 Å². The minimum Gasteiger partial charge on any atom is -0.361 e. The topological polar surface area (TPSA) is 71.4 Å². The van der Waals surface area contributed by atoms with Gasteiger partial charge in [-0.05, 0) is 55.2 Å². The lowest BCUT2D eigenvalue weighted by Gasteiger charge is -2.29. The maximum atomic E-state index is 4.36. The molecule has 1 saturated carbocycles. The molecular formula is C21H32N6. The van der Waals surface area contributed by atoms with Crippen LogP contribution in [0.25, 0.3) is 10.9 Å². The highest BCUT2D eigenvalue weighted by molar-refractivity contribution is 5.83. The second-order valence-electron chi connectivity index (χ2n) is 7.90. The molecule has 4 rings (SSSR count). The van der Waals surface area contributed by atoms with Crippen molar-refractivity contribution in [3.05, 3.63) is 41.9 Å². The summed E-state index contributed by atoms with van der Waals surface area (Å²) in [6, 6.07) is 8.90. The lowest BCUT2D eigenvalue weighted by Crippen LogP contribution is -2.41. The van der Waals surface area contributed by atoms with Crippen LogP contribution in [0, 0.1) is 0 Å². The minimum atomic E-state index is -0.257. The summed E-state index contributed by atoms with van der Waals surface area (Å²) in [4.78, 5) is 3.35. The molecule has 0 saturated heterocycles. The molecule has 27 heavy (non-hydrogen) atoms. The summed E-state index contributed by atoms with van der Waals surface area (Å²) >= 11 is 0. The van der Waals surface area contributed by atoms with Gasteiger partial charge in [0.05, 0.1) is 11.6 Å². The van der Waals surface area contributed by atoms with Crippen LogP contribution in [0.15, 0.2) is 30.5 Å². The van der Waals surface area contributed by atoms with E-state index < -0.39 is 0 Å². The zero-order valence-electron chi connectivity index (χ0n) is 15.7. The molecule has 0 radical (unpaired) electrons. The number of H-pyrrole nitrogens is 1. The fourth-order valence-electron chi connectivity index (χ4n) is 4.10. The van der Waals surface area contributed by atoms with E-state index in [2.05, 4.69) is 74.8 Å². The summed E-state index contributed by atoms with van der Waals surface area (Å²) < 4.78 is 2.07. The second-order valence-corrected chi connectivity index (χ2v) is 7.90. The van der Waals surface area contributed by atoms with Crippen LogP contribution < -0.4 is 5.32 Å². The lowest BCUT2D eigenvalue weighted by molar-refractivity contribution is 0.283. The molecule has 0 amide bonds. The molecule has 2 heterocycles. The van der Waals surface area contributed by atoms with Crippen molar-refractivity contribution in [1.82, 2.24) is 30.5 Å². The Morgan fingerprint density at radius 3 is 2.78 bits per heavy atom. The van der Waals surface area contributed by atoms with Gasteiger partial charge in [-0.2, -0.15) is 0 Å². The molecule has 146 valence electrons. The van der Waals surface area contributed by atoms with Gasteiger partial charge in [0.2, 0.25) is 0 Å². The van der Waals surface area contributed by atoms with Crippen LogP contribution in [-0.4, -0.2) is 31.7 Å². The number of rotatable bonds is 6. The first-order chi connectivity index (χ1) is 12.6. The maximum Gasteiger partial charge on any atom is 0.171 e. The summed E-state index contributed by atoms with van der Waals surface area (Å²) in [5.74, 6) is 0.948. The Hall–Kier alpha value is -2.21. The lowest BCUT2D eigenvalue weighted by atomic mass is 9.94. The Morgan fingerprint density at radius 1 is 1.19 bits per heavy atom. The number of hydrogen-bond donors (Lipinski definition) is 2. The Labute approximate surface area is 161 Å². The number of hydrogen-bond acceptors (Lipinski definition) is 4. The molecule has 3 aromatic rings. The van der Waals surface area contributed by atoms with Gasteiger partial charge in [-0.3, -0.25) is 0 Å². The Kier molecular flexibility index (Phi) is 5.95. The van der Waals surface area contributed by atoms with Crippen molar-refractivity contribution in [3.63, 3.8) is 0 Å². The van der Waals surface area contributed by atoms with Crippen molar-refractivity contribution < 1.29 is 0 Å². The van der Waals surface area contributed by atoms with Crippen LogP contribution in [0.4, 0.5) is 0 Å². The first-order valence-corrected chi connectivity index (χ1v) is 9.73. The van der Waals surface area contributed by atoms with Crippen LogP contribution in [-0.2, 0) is 12.0 Å². The van der Waals surface area contributed by atoms with E-state index in [0.717, 1.165) is 18.8 Å². The van der Waals surface area contributed by atoms with Gasteiger partial charge in [-0.15, -0.1) is 5.10 Å². The molecule has 0 spiro atoms. The number of nitrogens with zero attached hydrogens (tertiary/aromatic N) is 4. The minimum absolute atomic E-state index is 0. The number of nitrogens with one attached hydrogen (secondary N) is 2. The molecule has 2 aromatic heterocycles. The Bertz CT molecular complexity index is 856. The normalized spacial score (nSPS) is 15.8. The largest absolute Gasteiger partial charge is 0.361 e.